The van der Waals surface area contributed by atoms with Crippen molar-refractivity contribution in [2.75, 3.05) is 23.0 Å². The monoisotopic (exact) mass is 441 g/mol. The number of benzene rings is 2. The number of carbonyl (C=O) groups is 1. The topological polar surface area (TPSA) is 119 Å². The molecule has 2 aromatic rings. The third-order valence-corrected chi connectivity index (χ3v) is 5.52. The summed E-state index contributed by atoms with van der Waals surface area (Å²) in [5.74, 6) is -0.275. The Labute approximate surface area is 173 Å². The van der Waals surface area contributed by atoms with E-state index in [0.29, 0.717) is 5.75 Å². The van der Waals surface area contributed by atoms with E-state index in [1.807, 2.05) is 0 Å². The average molecular weight is 442 g/mol. The second-order valence-corrected chi connectivity index (χ2v) is 8.37. The first-order valence-electron chi connectivity index (χ1n) is 8.46. The Morgan fingerprint density at radius 3 is 2.52 bits per heavy atom. The van der Waals surface area contributed by atoms with Crippen LogP contribution in [0.1, 0.15) is 13.3 Å². The Kier molecular flexibility index (Phi) is 7.04. The summed E-state index contributed by atoms with van der Waals surface area (Å²) in [5.41, 5.74) is 0.181. The van der Waals surface area contributed by atoms with Gasteiger partial charge in [-0.15, -0.1) is 0 Å². The van der Waals surface area contributed by atoms with E-state index < -0.39 is 26.9 Å². The maximum atomic E-state index is 12.8. The minimum atomic E-state index is -3.86. The molecule has 1 amide bonds. The van der Waals surface area contributed by atoms with Gasteiger partial charge in [0.2, 0.25) is 15.9 Å². The fourth-order valence-electron chi connectivity index (χ4n) is 2.78. The average Bonchev–Trinajstić information content (AvgIpc) is 2.65. The molecule has 0 aliphatic heterocycles. The van der Waals surface area contributed by atoms with E-state index in [-0.39, 0.29) is 28.5 Å². The van der Waals surface area contributed by atoms with Crippen LogP contribution in [0.25, 0.3) is 0 Å². The molecule has 0 aliphatic carbocycles. The lowest BCUT2D eigenvalue weighted by Gasteiger charge is -2.30. The van der Waals surface area contributed by atoms with Crippen LogP contribution >= 0.6 is 11.6 Å². The van der Waals surface area contributed by atoms with Crippen LogP contribution in [0.5, 0.6) is 5.75 Å². The molecule has 2 rings (SSSR count). The van der Waals surface area contributed by atoms with Crippen molar-refractivity contribution < 1.29 is 22.9 Å². The Morgan fingerprint density at radius 1 is 1.31 bits per heavy atom. The van der Waals surface area contributed by atoms with Crippen LogP contribution in [-0.4, -0.2) is 38.7 Å². The Hall–Kier alpha value is -2.85. The lowest BCUT2D eigenvalue weighted by atomic mass is 10.1. The fourth-order valence-corrected chi connectivity index (χ4v) is 4.23. The van der Waals surface area contributed by atoms with E-state index in [0.717, 1.165) is 10.6 Å². The largest absolute Gasteiger partial charge is 0.495 e. The van der Waals surface area contributed by atoms with Crippen molar-refractivity contribution >= 4 is 44.6 Å². The van der Waals surface area contributed by atoms with Crippen LogP contribution in [-0.2, 0) is 14.8 Å². The Morgan fingerprint density at radius 2 is 2.00 bits per heavy atom. The van der Waals surface area contributed by atoms with Crippen molar-refractivity contribution in [1.29, 1.82) is 0 Å². The normalized spacial score (nSPS) is 12.1. The van der Waals surface area contributed by atoms with Gasteiger partial charge in [-0.25, -0.2) is 8.42 Å². The van der Waals surface area contributed by atoms with Crippen molar-refractivity contribution in [2.45, 2.75) is 19.4 Å². The second-order valence-electron chi connectivity index (χ2n) is 6.10. The number of nitrogens with one attached hydrogen (secondary N) is 1. The molecule has 11 heteroatoms. The Bertz CT molecular complexity index is 1030. The number of anilines is 2. The van der Waals surface area contributed by atoms with Crippen molar-refractivity contribution in [2.24, 2.45) is 0 Å². The van der Waals surface area contributed by atoms with Gasteiger partial charge in [-0.05, 0) is 30.7 Å². The highest BCUT2D eigenvalue weighted by atomic mass is 35.5. The number of nitrogens with zero attached hydrogens (tertiary/aromatic N) is 2. The van der Waals surface area contributed by atoms with Gasteiger partial charge in [0.25, 0.3) is 5.69 Å². The second kappa shape index (κ2) is 9.10. The summed E-state index contributed by atoms with van der Waals surface area (Å²) in [6, 6.07) is 8.66. The minimum Gasteiger partial charge on any atom is -0.495 e. The zero-order chi connectivity index (χ0) is 21.8. The predicted molar refractivity (Wildman–Crippen MR) is 111 cm³/mol. The van der Waals surface area contributed by atoms with Crippen LogP contribution < -0.4 is 14.4 Å². The van der Waals surface area contributed by atoms with Gasteiger partial charge in [0.05, 0.1) is 29.0 Å². The highest BCUT2D eigenvalue weighted by molar-refractivity contribution is 7.92. The van der Waals surface area contributed by atoms with Gasteiger partial charge in [-0.2, -0.15) is 0 Å². The summed E-state index contributed by atoms with van der Waals surface area (Å²) < 4.78 is 31.0. The van der Waals surface area contributed by atoms with Gasteiger partial charge < -0.3 is 10.1 Å². The van der Waals surface area contributed by atoms with Crippen LogP contribution in [0.2, 0.25) is 5.02 Å². The third kappa shape index (κ3) is 5.36. The standard InChI is InChI=1S/C18H20ClN3O6S/c1-4-16(18(23)20-12-6-5-7-14(10-12)22(24)25)21(29(3,26)27)13-8-9-17(28-2)15(19)11-13/h5-11,16H,4H2,1-3H3,(H,20,23)/t16-/m0/s1. The van der Waals surface area contributed by atoms with Crippen LogP contribution in [0.15, 0.2) is 42.5 Å². The van der Waals surface area contributed by atoms with E-state index in [9.17, 15) is 23.3 Å². The highest BCUT2D eigenvalue weighted by Gasteiger charge is 2.32. The maximum Gasteiger partial charge on any atom is 0.271 e. The fraction of sp³-hybridized carbons (Fsp3) is 0.278. The number of methoxy groups -OCH3 is 1. The smallest absolute Gasteiger partial charge is 0.271 e. The Balaban J connectivity index is 2.41. The molecule has 1 N–H and O–H groups in total. The van der Waals surface area contributed by atoms with Crippen LogP contribution in [0.3, 0.4) is 0 Å². The zero-order valence-corrected chi connectivity index (χ0v) is 17.5. The van der Waals surface area contributed by atoms with Gasteiger partial charge in [0, 0.05) is 17.8 Å². The van der Waals surface area contributed by atoms with Gasteiger partial charge in [0.15, 0.2) is 0 Å². The molecule has 2 aromatic carbocycles. The summed E-state index contributed by atoms with van der Waals surface area (Å²) >= 11 is 6.12. The SMILES string of the molecule is CC[C@@H](C(=O)Nc1cccc([N+](=O)[O-])c1)N(c1ccc(OC)c(Cl)c1)S(C)(=O)=O. The van der Waals surface area contributed by atoms with E-state index >= 15 is 0 Å². The molecule has 0 unspecified atom stereocenters. The number of hydrogen-bond acceptors (Lipinski definition) is 6. The van der Waals surface area contributed by atoms with Crippen molar-refractivity contribution in [3.63, 3.8) is 0 Å². The molecular formula is C18H20ClN3O6S. The number of ether oxygens (including phenoxy) is 1. The molecule has 0 heterocycles. The third-order valence-electron chi connectivity index (χ3n) is 4.04. The van der Waals surface area contributed by atoms with E-state index in [1.165, 1.54) is 49.6 Å². The molecule has 0 fully saturated rings. The number of non-ortho nitro benzene ring substituents is 1. The van der Waals surface area contributed by atoms with Gasteiger partial charge in [-0.1, -0.05) is 24.6 Å². The summed E-state index contributed by atoms with van der Waals surface area (Å²) in [7, 11) is -2.43. The van der Waals surface area contributed by atoms with Crippen molar-refractivity contribution in [3.05, 3.63) is 57.6 Å². The lowest BCUT2D eigenvalue weighted by Crippen LogP contribution is -2.47. The minimum absolute atomic E-state index is 0.150. The first-order valence-corrected chi connectivity index (χ1v) is 10.7. The maximum absolute atomic E-state index is 12.8. The molecule has 0 aliphatic rings. The van der Waals surface area contributed by atoms with Gasteiger partial charge >= 0.3 is 0 Å². The lowest BCUT2D eigenvalue weighted by molar-refractivity contribution is -0.384. The summed E-state index contributed by atoms with van der Waals surface area (Å²) in [6.07, 6.45) is 1.13. The summed E-state index contributed by atoms with van der Waals surface area (Å²) in [5, 5.41) is 13.6. The molecule has 1 atom stereocenters. The van der Waals surface area contributed by atoms with Crippen LogP contribution in [0, 0.1) is 10.1 Å². The van der Waals surface area contributed by atoms with E-state index in [4.69, 9.17) is 16.3 Å². The number of nitro benzene ring substituents is 1. The molecule has 29 heavy (non-hydrogen) atoms. The number of sulfonamides is 1. The van der Waals surface area contributed by atoms with Crippen LogP contribution in [0.4, 0.5) is 17.1 Å². The van der Waals surface area contributed by atoms with Gasteiger partial charge in [0.1, 0.15) is 11.8 Å². The number of halogens is 1. The summed E-state index contributed by atoms with van der Waals surface area (Å²) in [6.45, 7) is 1.65. The molecule has 0 aromatic heterocycles. The van der Waals surface area contributed by atoms with Crippen molar-refractivity contribution in [3.8, 4) is 5.75 Å². The first-order chi connectivity index (χ1) is 13.6. The number of carbonyl (C=O) groups excluding carboxylic acids is 1. The number of hydrogen-bond donors (Lipinski definition) is 1. The molecule has 0 bridgehead atoms. The predicted octanol–water partition coefficient (Wildman–Crippen LogP) is 3.44. The molecule has 0 spiro atoms. The summed E-state index contributed by atoms with van der Waals surface area (Å²) in [4.78, 5) is 23.2. The molecule has 9 nitrogen and oxygen atoms in total. The zero-order valence-electron chi connectivity index (χ0n) is 16.0. The number of amides is 1. The van der Waals surface area contributed by atoms with Crippen molar-refractivity contribution in [1.82, 2.24) is 0 Å². The van der Waals surface area contributed by atoms with E-state index in [2.05, 4.69) is 5.32 Å². The molecule has 0 saturated carbocycles. The number of rotatable bonds is 8. The number of nitro groups is 1. The molecule has 156 valence electrons. The highest BCUT2D eigenvalue weighted by Crippen LogP contribution is 2.32. The molecular weight excluding hydrogens is 422 g/mol. The molecule has 0 radical (unpaired) electrons. The first kappa shape index (κ1) is 22.4. The quantitative estimate of drug-likeness (QED) is 0.495. The van der Waals surface area contributed by atoms with Gasteiger partial charge in [-0.3, -0.25) is 19.2 Å². The molecule has 0 saturated heterocycles. The van der Waals surface area contributed by atoms with E-state index in [1.54, 1.807) is 6.92 Å².